The van der Waals surface area contributed by atoms with Crippen molar-refractivity contribution in [2.45, 2.75) is 19.4 Å². The van der Waals surface area contributed by atoms with Crippen molar-refractivity contribution < 1.29 is 14.3 Å². The van der Waals surface area contributed by atoms with Crippen molar-refractivity contribution in [1.82, 2.24) is 0 Å². The SMILES string of the molecule is COC(=O)c1c(N2CCOC(C)(C)C2)sc(C#N)c1N. The van der Waals surface area contributed by atoms with Gasteiger partial charge in [0.1, 0.15) is 21.5 Å². The Hall–Kier alpha value is -1.78. The molecule has 2 N–H and O–H groups in total. The minimum absolute atomic E-state index is 0.198. The van der Waals surface area contributed by atoms with E-state index in [2.05, 4.69) is 0 Å². The number of nitrogen functional groups attached to an aromatic ring is 1. The number of ether oxygens (including phenoxy) is 2. The Kier molecular flexibility index (Phi) is 3.88. The van der Waals surface area contributed by atoms with Gasteiger partial charge >= 0.3 is 5.97 Å². The molecule has 0 radical (unpaired) electrons. The minimum Gasteiger partial charge on any atom is -0.465 e. The lowest BCUT2D eigenvalue weighted by Gasteiger charge is -2.39. The molecule has 6 nitrogen and oxygen atoms in total. The number of methoxy groups -OCH3 is 1. The second kappa shape index (κ2) is 5.31. The Morgan fingerprint density at radius 3 is 2.85 bits per heavy atom. The van der Waals surface area contributed by atoms with Crippen LogP contribution in [-0.2, 0) is 9.47 Å². The van der Waals surface area contributed by atoms with Gasteiger partial charge in [0.05, 0.1) is 25.0 Å². The van der Waals surface area contributed by atoms with Crippen molar-refractivity contribution >= 4 is 28.0 Å². The molecule has 1 aromatic rings. The fraction of sp³-hybridized carbons (Fsp3) is 0.538. The van der Waals surface area contributed by atoms with Crippen LogP contribution in [0.5, 0.6) is 0 Å². The zero-order chi connectivity index (χ0) is 14.9. The molecule has 2 heterocycles. The predicted octanol–water partition coefficient (Wildman–Crippen LogP) is 1.60. The first-order chi connectivity index (χ1) is 9.39. The molecule has 0 amide bonds. The second-order valence-electron chi connectivity index (χ2n) is 5.16. The van der Waals surface area contributed by atoms with E-state index in [1.54, 1.807) is 0 Å². The van der Waals surface area contributed by atoms with Crippen molar-refractivity contribution in [3.05, 3.63) is 10.4 Å². The largest absolute Gasteiger partial charge is 0.465 e. The summed E-state index contributed by atoms with van der Waals surface area (Å²) in [5.74, 6) is -0.514. The molecule has 1 aliphatic rings. The predicted molar refractivity (Wildman–Crippen MR) is 77.0 cm³/mol. The zero-order valence-electron chi connectivity index (χ0n) is 11.7. The van der Waals surface area contributed by atoms with Gasteiger partial charge in [-0.05, 0) is 13.8 Å². The summed E-state index contributed by atoms with van der Waals surface area (Å²) < 4.78 is 10.4. The maximum absolute atomic E-state index is 11.9. The van der Waals surface area contributed by atoms with Gasteiger partial charge in [-0.3, -0.25) is 0 Å². The van der Waals surface area contributed by atoms with Crippen molar-refractivity contribution in [2.75, 3.05) is 37.4 Å². The highest BCUT2D eigenvalue weighted by Crippen LogP contribution is 2.39. The number of hydrogen-bond donors (Lipinski definition) is 1. The minimum atomic E-state index is -0.514. The number of carbonyl (C=O) groups is 1. The van der Waals surface area contributed by atoms with E-state index in [0.717, 1.165) is 0 Å². The maximum atomic E-state index is 11.9. The summed E-state index contributed by atoms with van der Waals surface area (Å²) in [6.45, 7) is 5.81. The molecule has 1 aliphatic heterocycles. The van der Waals surface area contributed by atoms with E-state index in [1.807, 2.05) is 24.8 Å². The quantitative estimate of drug-likeness (QED) is 0.834. The van der Waals surface area contributed by atoms with Crippen LogP contribution < -0.4 is 10.6 Å². The van der Waals surface area contributed by atoms with Gasteiger partial charge in [-0.2, -0.15) is 5.26 Å². The van der Waals surface area contributed by atoms with Gasteiger partial charge < -0.3 is 20.1 Å². The third kappa shape index (κ3) is 2.57. The Bertz CT molecular complexity index is 574. The van der Waals surface area contributed by atoms with Crippen molar-refractivity contribution in [1.29, 1.82) is 5.26 Å². The van der Waals surface area contributed by atoms with Gasteiger partial charge in [0.2, 0.25) is 0 Å². The zero-order valence-corrected chi connectivity index (χ0v) is 12.5. The molecule has 0 unspecified atom stereocenters. The lowest BCUT2D eigenvalue weighted by molar-refractivity contribution is -0.0275. The molecule has 0 spiro atoms. The highest BCUT2D eigenvalue weighted by atomic mass is 32.1. The van der Waals surface area contributed by atoms with Gasteiger partial charge in [0.25, 0.3) is 0 Å². The number of nitrogens with two attached hydrogens (primary N) is 1. The molecule has 1 saturated heterocycles. The first-order valence-electron chi connectivity index (χ1n) is 6.19. The molecule has 7 heteroatoms. The number of anilines is 2. The lowest BCUT2D eigenvalue weighted by Crippen LogP contribution is -2.48. The fourth-order valence-electron chi connectivity index (χ4n) is 2.23. The molecule has 0 aliphatic carbocycles. The molecule has 1 aromatic heterocycles. The van der Waals surface area contributed by atoms with E-state index in [1.165, 1.54) is 18.4 Å². The summed E-state index contributed by atoms with van der Waals surface area (Å²) in [6.07, 6.45) is 0. The number of morpholine rings is 1. The monoisotopic (exact) mass is 295 g/mol. The van der Waals surface area contributed by atoms with Crippen LogP contribution in [0.1, 0.15) is 29.1 Å². The first kappa shape index (κ1) is 14.6. The standard InChI is InChI=1S/C13H17N3O3S/c1-13(2)7-16(4-5-19-13)11-9(12(17)18-3)10(15)8(6-14)20-11/h4-5,7,15H2,1-3H3. The molecule has 0 bridgehead atoms. The number of rotatable bonds is 2. The third-order valence-electron chi connectivity index (χ3n) is 3.13. The number of esters is 1. The van der Waals surface area contributed by atoms with E-state index >= 15 is 0 Å². The molecule has 0 saturated carbocycles. The number of carbonyl (C=O) groups excluding carboxylic acids is 1. The Morgan fingerprint density at radius 2 is 2.30 bits per heavy atom. The number of thiophene rings is 1. The highest BCUT2D eigenvalue weighted by Gasteiger charge is 2.32. The summed E-state index contributed by atoms with van der Waals surface area (Å²) in [7, 11) is 1.30. The van der Waals surface area contributed by atoms with Crippen molar-refractivity contribution in [3.63, 3.8) is 0 Å². The first-order valence-corrected chi connectivity index (χ1v) is 7.01. The molecule has 0 aromatic carbocycles. The van der Waals surface area contributed by atoms with Crippen molar-refractivity contribution in [2.24, 2.45) is 0 Å². The summed E-state index contributed by atoms with van der Waals surface area (Å²) in [4.78, 5) is 14.3. The molecule has 20 heavy (non-hydrogen) atoms. The summed E-state index contributed by atoms with van der Waals surface area (Å²) in [5.41, 5.74) is 6.07. The van der Waals surface area contributed by atoms with Gasteiger partial charge in [-0.25, -0.2) is 4.79 Å². The van der Waals surface area contributed by atoms with Gasteiger partial charge in [0, 0.05) is 13.1 Å². The van der Waals surface area contributed by atoms with E-state index < -0.39 is 5.97 Å². The molecule has 1 fully saturated rings. The normalized spacial score (nSPS) is 17.6. The third-order valence-corrected chi connectivity index (χ3v) is 4.30. The van der Waals surface area contributed by atoms with Crippen LogP contribution in [-0.4, -0.2) is 38.4 Å². The van der Waals surface area contributed by atoms with Crippen LogP contribution in [0.3, 0.4) is 0 Å². The summed E-state index contributed by atoms with van der Waals surface area (Å²) >= 11 is 1.22. The van der Waals surface area contributed by atoms with Crippen LogP contribution in [0.15, 0.2) is 0 Å². The van der Waals surface area contributed by atoms with Crippen molar-refractivity contribution in [3.8, 4) is 6.07 Å². The second-order valence-corrected chi connectivity index (χ2v) is 6.16. The van der Waals surface area contributed by atoms with Crippen LogP contribution in [0.25, 0.3) is 0 Å². The van der Waals surface area contributed by atoms with Gasteiger partial charge in [0.15, 0.2) is 0 Å². The van der Waals surface area contributed by atoms with Crippen LogP contribution >= 0.6 is 11.3 Å². The number of nitriles is 1. The highest BCUT2D eigenvalue weighted by molar-refractivity contribution is 7.17. The van der Waals surface area contributed by atoms with E-state index in [-0.39, 0.29) is 16.9 Å². The molecule has 2 rings (SSSR count). The van der Waals surface area contributed by atoms with E-state index in [4.69, 9.17) is 20.5 Å². The average molecular weight is 295 g/mol. The topological polar surface area (TPSA) is 88.6 Å². The van der Waals surface area contributed by atoms with Gasteiger partial charge in [-0.1, -0.05) is 0 Å². The number of nitrogens with zero attached hydrogens (tertiary/aromatic N) is 2. The maximum Gasteiger partial charge on any atom is 0.343 e. The van der Waals surface area contributed by atoms with Crippen LogP contribution in [0, 0.1) is 11.3 Å². The molecule has 0 atom stereocenters. The Morgan fingerprint density at radius 1 is 1.60 bits per heavy atom. The fourth-order valence-corrected chi connectivity index (χ4v) is 3.26. The van der Waals surface area contributed by atoms with E-state index in [0.29, 0.717) is 29.6 Å². The molecular weight excluding hydrogens is 278 g/mol. The summed E-state index contributed by atoms with van der Waals surface area (Å²) in [5, 5.41) is 9.78. The average Bonchev–Trinajstić information content (AvgIpc) is 2.73. The van der Waals surface area contributed by atoms with E-state index in [9.17, 15) is 4.79 Å². The van der Waals surface area contributed by atoms with Crippen LogP contribution in [0.4, 0.5) is 10.7 Å². The Balaban J connectivity index is 2.45. The van der Waals surface area contributed by atoms with Gasteiger partial charge in [-0.15, -0.1) is 11.3 Å². The molecular formula is C13H17N3O3S. The number of hydrogen-bond acceptors (Lipinski definition) is 7. The van der Waals surface area contributed by atoms with Crippen LogP contribution in [0.2, 0.25) is 0 Å². The Labute approximate surface area is 121 Å². The lowest BCUT2D eigenvalue weighted by atomic mass is 10.1. The summed E-state index contributed by atoms with van der Waals surface area (Å²) in [6, 6.07) is 2.02. The molecule has 108 valence electrons. The smallest absolute Gasteiger partial charge is 0.343 e.